The molecule has 108 valence electrons. The molecule has 0 aliphatic rings. The van der Waals surface area contributed by atoms with E-state index in [0.717, 1.165) is 10.4 Å². The summed E-state index contributed by atoms with van der Waals surface area (Å²) in [5.74, 6) is -0.980. The van der Waals surface area contributed by atoms with Gasteiger partial charge in [0.1, 0.15) is 5.82 Å². The van der Waals surface area contributed by atoms with Gasteiger partial charge in [0.05, 0.1) is 10.8 Å². The molecule has 0 saturated heterocycles. The van der Waals surface area contributed by atoms with E-state index in [9.17, 15) is 12.8 Å². The van der Waals surface area contributed by atoms with Gasteiger partial charge in [0.25, 0.3) is 5.95 Å². The van der Waals surface area contributed by atoms with E-state index in [1.807, 2.05) is 0 Å². The third-order valence-corrected chi connectivity index (χ3v) is 4.63. The van der Waals surface area contributed by atoms with E-state index in [1.54, 1.807) is 0 Å². The first-order chi connectivity index (χ1) is 9.31. The van der Waals surface area contributed by atoms with E-state index in [1.165, 1.54) is 30.9 Å². The smallest absolute Gasteiger partial charge is 0.239 e. The van der Waals surface area contributed by atoms with Gasteiger partial charge < -0.3 is 0 Å². The SMILES string of the molecule is CN(c1nnnn1C)S(=O)(=O)Cc1ccc(Cl)c(F)c1. The zero-order valence-corrected chi connectivity index (χ0v) is 12.2. The molecule has 10 heteroatoms. The average molecular weight is 320 g/mol. The number of rotatable bonds is 4. The lowest BCUT2D eigenvalue weighted by Crippen LogP contribution is -2.30. The van der Waals surface area contributed by atoms with Gasteiger partial charge in [-0.3, -0.25) is 0 Å². The molecular weight excluding hydrogens is 309 g/mol. The first-order valence-corrected chi connectivity index (χ1v) is 7.43. The Bertz CT molecular complexity index is 733. The van der Waals surface area contributed by atoms with Crippen molar-refractivity contribution in [1.82, 2.24) is 20.2 Å². The maximum absolute atomic E-state index is 13.3. The minimum Gasteiger partial charge on any atom is -0.239 e. The summed E-state index contributed by atoms with van der Waals surface area (Å²) in [7, 11) is -0.884. The van der Waals surface area contributed by atoms with Crippen LogP contribution in [0.2, 0.25) is 5.02 Å². The highest BCUT2D eigenvalue weighted by atomic mass is 35.5. The van der Waals surface area contributed by atoms with Gasteiger partial charge >= 0.3 is 0 Å². The number of anilines is 1. The molecule has 1 heterocycles. The van der Waals surface area contributed by atoms with E-state index in [2.05, 4.69) is 15.5 Å². The summed E-state index contributed by atoms with van der Waals surface area (Å²) in [4.78, 5) is 0. The highest BCUT2D eigenvalue weighted by Gasteiger charge is 2.23. The summed E-state index contributed by atoms with van der Waals surface area (Å²) < 4.78 is 39.9. The Balaban J connectivity index is 2.27. The molecule has 1 aromatic heterocycles. The maximum atomic E-state index is 13.3. The molecule has 20 heavy (non-hydrogen) atoms. The summed E-state index contributed by atoms with van der Waals surface area (Å²) in [5.41, 5.74) is 0.286. The fourth-order valence-corrected chi connectivity index (χ4v) is 2.87. The van der Waals surface area contributed by atoms with Gasteiger partial charge in [-0.2, -0.15) is 0 Å². The summed E-state index contributed by atoms with van der Waals surface area (Å²) in [5, 5.41) is 10.5. The van der Waals surface area contributed by atoms with Crippen LogP contribution in [-0.2, 0) is 22.8 Å². The van der Waals surface area contributed by atoms with Crippen molar-refractivity contribution in [2.75, 3.05) is 11.4 Å². The Kier molecular flexibility index (Phi) is 3.91. The Morgan fingerprint density at radius 2 is 2.15 bits per heavy atom. The largest absolute Gasteiger partial charge is 0.258 e. The zero-order chi connectivity index (χ0) is 14.9. The van der Waals surface area contributed by atoms with Gasteiger partial charge in [-0.15, -0.1) is 0 Å². The summed E-state index contributed by atoms with van der Waals surface area (Å²) in [6.45, 7) is 0. The van der Waals surface area contributed by atoms with E-state index in [4.69, 9.17) is 11.6 Å². The Hall–Kier alpha value is -1.74. The predicted molar refractivity (Wildman–Crippen MR) is 71.2 cm³/mol. The number of aryl methyl sites for hydroxylation is 1. The summed E-state index contributed by atoms with van der Waals surface area (Å²) in [6.07, 6.45) is 0. The van der Waals surface area contributed by atoms with Crippen LogP contribution in [0.5, 0.6) is 0 Å². The third-order valence-electron chi connectivity index (χ3n) is 2.63. The second kappa shape index (κ2) is 5.33. The molecule has 0 bridgehead atoms. The molecular formula is C10H11ClFN5O2S. The van der Waals surface area contributed by atoms with Crippen molar-refractivity contribution in [3.05, 3.63) is 34.6 Å². The van der Waals surface area contributed by atoms with Crippen molar-refractivity contribution in [2.24, 2.45) is 7.05 Å². The normalized spacial score (nSPS) is 11.6. The predicted octanol–water partition coefficient (Wildman–Crippen LogP) is 0.969. The Morgan fingerprint density at radius 1 is 1.45 bits per heavy atom. The highest BCUT2D eigenvalue weighted by molar-refractivity contribution is 7.92. The molecule has 0 aliphatic carbocycles. The van der Waals surface area contributed by atoms with E-state index < -0.39 is 15.8 Å². The molecule has 2 rings (SSSR count). The molecule has 0 fully saturated rings. The number of hydrogen-bond donors (Lipinski definition) is 0. The number of hydrogen-bond acceptors (Lipinski definition) is 5. The number of tetrazole rings is 1. The van der Waals surface area contributed by atoms with Crippen molar-refractivity contribution < 1.29 is 12.8 Å². The van der Waals surface area contributed by atoms with Crippen LogP contribution in [0.4, 0.5) is 10.3 Å². The van der Waals surface area contributed by atoms with E-state index in [-0.39, 0.29) is 22.3 Å². The minimum absolute atomic E-state index is 0.0583. The van der Waals surface area contributed by atoms with Crippen LogP contribution in [-0.4, -0.2) is 35.7 Å². The lowest BCUT2D eigenvalue weighted by Gasteiger charge is -2.16. The molecule has 0 aliphatic heterocycles. The fraction of sp³-hybridized carbons (Fsp3) is 0.300. The Morgan fingerprint density at radius 3 is 2.70 bits per heavy atom. The molecule has 0 radical (unpaired) electrons. The molecule has 0 N–H and O–H groups in total. The second-order valence-corrected chi connectivity index (χ2v) is 6.48. The van der Waals surface area contributed by atoms with E-state index >= 15 is 0 Å². The second-order valence-electron chi connectivity index (χ2n) is 4.07. The number of halogens is 2. The van der Waals surface area contributed by atoms with Crippen molar-refractivity contribution >= 4 is 27.6 Å². The summed E-state index contributed by atoms with van der Waals surface area (Å²) >= 11 is 5.55. The average Bonchev–Trinajstić information content (AvgIpc) is 2.79. The van der Waals surface area contributed by atoms with Crippen LogP contribution < -0.4 is 4.31 Å². The van der Waals surface area contributed by atoms with Crippen molar-refractivity contribution in [2.45, 2.75) is 5.75 Å². The first kappa shape index (κ1) is 14.7. The van der Waals surface area contributed by atoms with Gasteiger partial charge in [0.15, 0.2) is 0 Å². The molecule has 0 unspecified atom stereocenters. The van der Waals surface area contributed by atoms with Crippen LogP contribution in [0.15, 0.2) is 18.2 Å². The Labute approximate surface area is 120 Å². The molecule has 0 amide bonds. The van der Waals surface area contributed by atoms with Crippen LogP contribution in [0.25, 0.3) is 0 Å². The number of nitrogens with zero attached hydrogens (tertiary/aromatic N) is 5. The van der Waals surface area contributed by atoms with Gasteiger partial charge in [-0.1, -0.05) is 22.8 Å². The molecule has 0 saturated carbocycles. The molecule has 0 spiro atoms. The zero-order valence-electron chi connectivity index (χ0n) is 10.7. The number of benzene rings is 1. The molecule has 1 aromatic carbocycles. The fourth-order valence-electron chi connectivity index (χ4n) is 1.55. The van der Waals surface area contributed by atoms with Gasteiger partial charge in [-0.05, 0) is 28.1 Å². The van der Waals surface area contributed by atoms with Crippen LogP contribution in [0, 0.1) is 5.82 Å². The number of sulfonamides is 1. The molecule has 2 aromatic rings. The first-order valence-electron chi connectivity index (χ1n) is 5.44. The lowest BCUT2D eigenvalue weighted by molar-refractivity contribution is 0.590. The van der Waals surface area contributed by atoms with Gasteiger partial charge in [0.2, 0.25) is 10.0 Å². The van der Waals surface area contributed by atoms with Crippen LogP contribution in [0.3, 0.4) is 0 Å². The maximum Gasteiger partial charge on any atom is 0.258 e. The van der Waals surface area contributed by atoms with E-state index in [0.29, 0.717) is 0 Å². The quantitative estimate of drug-likeness (QED) is 0.838. The van der Waals surface area contributed by atoms with Gasteiger partial charge in [0, 0.05) is 14.1 Å². The van der Waals surface area contributed by atoms with Gasteiger partial charge in [-0.25, -0.2) is 21.8 Å². The minimum atomic E-state index is -3.73. The van der Waals surface area contributed by atoms with Crippen LogP contribution in [0.1, 0.15) is 5.56 Å². The third kappa shape index (κ3) is 2.88. The lowest BCUT2D eigenvalue weighted by atomic mass is 10.2. The molecule has 0 atom stereocenters. The topological polar surface area (TPSA) is 81.0 Å². The van der Waals surface area contributed by atoms with Crippen molar-refractivity contribution in [1.29, 1.82) is 0 Å². The summed E-state index contributed by atoms with van der Waals surface area (Å²) in [6, 6.07) is 3.85. The standard InChI is InChI=1S/C10H11ClFN5O2S/c1-16-10(13-14-15-16)17(2)20(18,19)6-7-3-4-8(11)9(12)5-7/h3-5H,6H2,1-2H3. The monoisotopic (exact) mass is 319 g/mol. The highest BCUT2D eigenvalue weighted by Crippen LogP contribution is 2.19. The number of aromatic nitrogens is 4. The van der Waals surface area contributed by atoms with Crippen molar-refractivity contribution in [3.8, 4) is 0 Å². The van der Waals surface area contributed by atoms with Crippen LogP contribution >= 0.6 is 11.6 Å². The van der Waals surface area contributed by atoms with Crippen molar-refractivity contribution in [3.63, 3.8) is 0 Å². The molecule has 7 nitrogen and oxygen atoms in total.